The largest absolute Gasteiger partial charge is 0.387 e. The predicted octanol–water partition coefficient (Wildman–Crippen LogP) is -0.307. The number of nitrogens with two attached hydrogens (primary N) is 1. The van der Waals surface area contributed by atoms with Crippen LogP contribution in [0.25, 0.3) is 0 Å². The minimum Gasteiger partial charge on any atom is -0.387 e. The molecule has 0 aromatic carbocycles. The van der Waals surface area contributed by atoms with E-state index in [0.717, 1.165) is 18.9 Å². The zero-order valence-corrected chi connectivity index (χ0v) is 11.4. The molecule has 0 bridgehead atoms. The van der Waals surface area contributed by atoms with Crippen LogP contribution in [-0.2, 0) is 9.15 Å². The monoisotopic (exact) mass is 302 g/mol. The Bertz CT molecular complexity index is 396. The van der Waals surface area contributed by atoms with Crippen molar-refractivity contribution in [2.75, 3.05) is 25.4 Å². The Morgan fingerprint density at radius 1 is 1.65 bits per heavy atom. The fourth-order valence-corrected chi connectivity index (χ4v) is 2.27. The average Bonchev–Trinajstić information content (AvgIpc) is 2.66. The molecule has 0 amide bonds. The summed E-state index contributed by atoms with van der Waals surface area (Å²) in [5.41, 5.74) is 5.46. The van der Waals surface area contributed by atoms with Gasteiger partial charge in [-0.25, -0.2) is 0 Å². The van der Waals surface area contributed by atoms with Gasteiger partial charge in [-0.05, 0) is 0 Å². The number of nitrogens with one attached hydrogen (secondary N) is 1. The topological polar surface area (TPSA) is 117 Å². The maximum Gasteiger partial charge on any atom is 0.320 e. The molecule has 0 atom stereocenters. The molecule has 17 heavy (non-hydrogen) atoms. The molecule has 1 aliphatic rings. The third-order valence-corrected chi connectivity index (χ3v) is 3.72. The molecule has 1 heterocycles. The minimum atomic E-state index is -4.04. The molecule has 1 rings (SSSR count). The number of rotatable bonds is 6. The molecule has 0 saturated heterocycles. The van der Waals surface area contributed by atoms with E-state index < -0.39 is 9.15 Å². The van der Waals surface area contributed by atoms with Crippen LogP contribution in [-0.4, -0.2) is 50.0 Å². The Morgan fingerprint density at radius 2 is 2.35 bits per heavy atom. The first-order chi connectivity index (χ1) is 7.47. The minimum absolute atomic E-state index is 0. The fraction of sp³-hybridized carbons (Fsp3) is 0.714. The third-order valence-electron chi connectivity index (χ3n) is 1.76. The molecule has 0 spiro atoms. The normalized spacial score (nSPS) is 16.1. The molecule has 0 saturated carbocycles. The molecule has 100 valence electrons. The SMILES string of the molecule is Cl.NC(CSS(=O)(=O)O)=NCCC1=NCCN1. The summed E-state index contributed by atoms with van der Waals surface area (Å²) in [5.74, 6) is 1.07. The van der Waals surface area contributed by atoms with Crippen molar-refractivity contribution in [2.45, 2.75) is 6.42 Å². The number of hydrogen-bond donors (Lipinski definition) is 3. The Labute approximate surface area is 110 Å². The molecule has 7 nitrogen and oxygen atoms in total. The maximum atomic E-state index is 10.4. The van der Waals surface area contributed by atoms with Crippen LogP contribution in [0.2, 0.25) is 0 Å². The van der Waals surface area contributed by atoms with Crippen LogP contribution in [0, 0.1) is 0 Å². The van der Waals surface area contributed by atoms with Crippen LogP contribution in [0.5, 0.6) is 0 Å². The van der Waals surface area contributed by atoms with Gasteiger partial charge in [0.2, 0.25) is 0 Å². The number of halogens is 1. The average molecular weight is 303 g/mol. The summed E-state index contributed by atoms with van der Waals surface area (Å²) < 4.78 is 29.3. The summed E-state index contributed by atoms with van der Waals surface area (Å²) >= 11 is 0. The molecule has 0 aromatic rings. The van der Waals surface area contributed by atoms with E-state index in [1.807, 2.05) is 0 Å². The quantitative estimate of drug-likeness (QED) is 0.268. The first kappa shape index (κ1) is 16.5. The van der Waals surface area contributed by atoms with E-state index in [-0.39, 0.29) is 24.0 Å². The highest BCUT2D eigenvalue weighted by Crippen LogP contribution is 2.07. The van der Waals surface area contributed by atoms with Gasteiger partial charge < -0.3 is 11.1 Å². The summed E-state index contributed by atoms with van der Waals surface area (Å²) in [5, 5.41) is 3.09. The number of nitrogens with zero attached hydrogens (tertiary/aromatic N) is 2. The highest BCUT2D eigenvalue weighted by Gasteiger charge is 2.07. The van der Waals surface area contributed by atoms with Gasteiger partial charge in [-0.1, -0.05) is 0 Å². The van der Waals surface area contributed by atoms with Gasteiger partial charge in [0.05, 0.1) is 18.1 Å². The first-order valence-electron chi connectivity index (χ1n) is 4.65. The van der Waals surface area contributed by atoms with Crippen molar-refractivity contribution in [3.05, 3.63) is 0 Å². The zero-order valence-electron chi connectivity index (χ0n) is 9.00. The lowest BCUT2D eigenvalue weighted by Gasteiger charge is -2.00. The smallest absolute Gasteiger partial charge is 0.320 e. The van der Waals surface area contributed by atoms with Crippen LogP contribution in [0.4, 0.5) is 0 Å². The van der Waals surface area contributed by atoms with Gasteiger partial charge in [0.15, 0.2) is 0 Å². The van der Waals surface area contributed by atoms with Crippen LogP contribution in [0.1, 0.15) is 6.42 Å². The van der Waals surface area contributed by atoms with E-state index in [1.54, 1.807) is 0 Å². The Balaban J connectivity index is 0.00000256. The van der Waals surface area contributed by atoms with Gasteiger partial charge in [0.25, 0.3) is 0 Å². The van der Waals surface area contributed by atoms with Crippen molar-refractivity contribution >= 4 is 44.0 Å². The molecule has 10 heteroatoms. The lowest BCUT2D eigenvalue weighted by molar-refractivity contribution is 0.503. The predicted molar refractivity (Wildman–Crippen MR) is 72.7 cm³/mol. The lowest BCUT2D eigenvalue weighted by atomic mass is 10.4. The number of amidine groups is 2. The molecule has 0 unspecified atom stereocenters. The fourth-order valence-electron chi connectivity index (χ4n) is 1.10. The van der Waals surface area contributed by atoms with Gasteiger partial charge in [-0.15, -0.1) is 12.4 Å². The molecule has 4 N–H and O–H groups in total. The molecular formula is C7H15ClN4O3S2. The van der Waals surface area contributed by atoms with Gasteiger partial charge in [-0.2, -0.15) is 8.42 Å². The molecular weight excluding hydrogens is 288 g/mol. The van der Waals surface area contributed by atoms with Crippen LogP contribution in [0.3, 0.4) is 0 Å². The number of hydrogen-bond acceptors (Lipinski definition) is 6. The van der Waals surface area contributed by atoms with Crippen molar-refractivity contribution < 1.29 is 13.0 Å². The lowest BCUT2D eigenvalue weighted by Crippen LogP contribution is -2.21. The summed E-state index contributed by atoms with van der Waals surface area (Å²) in [6, 6.07) is 0. The van der Waals surface area contributed by atoms with E-state index in [0.29, 0.717) is 23.8 Å². The van der Waals surface area contributed by atoms with Crippen LogP contribution < -0.4 is 11.1 Å². The first-order valence-corrected chi connectivity index (χ1v) is 7.59. The van der Waals surface area contributed by atoms with Crippen molar-refractivity contribution in [1.82, 2.24) is 5.32 Å². The van der Waals surface area contributed by atoms with Gasteiger partial charge in [0.1, 0.15) is 5.84 Å². The van der Waals surface area contributed by atoms with E-state index >= 15 is 0 Å². The Kier molecular flexibility index (Phi) is 7.51. The molecule has 0 aliphatic carbocycles. The van der Waals surface area contributed by atoms with Crippen molar-refractivity contribution in [1.29, 1.82) is 0 Å². The van der Waals surface area contributed by atoms with Crippen molar-refractivity contribution in [2.24, 2.45) is 15.7 Å². The Morgan fingerprint density at radius 3 is 2.88 bits per heavy atom. The molecule has 0 fully saturated rings. The van der Waals surface area contributed by atoms with E-state index in [4.69, 9.17) is 10.3 Å². The summed E-state index contributed by atoms with van der Waals surface area (Å²) in [7, 11) is -3.69. The van der Waals surface area contributed by atoms with E-state index in [9.17, 15) is 8.42 Å². The standard InChI is InChI=1S/C7H14N4O3S2.ClH/c8-6(5-15-16(12,13)14)9-2-1-7-10-3-4-11-7;/h1-5H2,(H2,8,9)(H,10,11)(H,12,13,14);1H. The summed E-state index contributed by atoms with van der Waals surface area (Å²) in [4.78, 5) is 8.14. The van der Waals surface area contributed by atoms with E-state index in [1.165, 1.54) is 0 Å². The van der Waals surface area contributed by atoms with Crippen LogP contribution >= 0.6 is 23.2 Å². The molecule has 0 radical (unpaired) electrons. The van der Waals surface area contributed by atoms with Gasteiger partial charge in [-0.3, -0.25) is 14.5 Å². The third kappa shape index (κ3) is 8.25. The second kappa shape index (κ2) is 7.75. The second-order valence-electron chi connectivity index (χ2n) is 3.07. The maximum absolute atomic E-state index is 10.4. The Hall–Kier alpha value is -0.510. The second-order valence-corrected chi connectivity index (χ2v) is 6.42. The number of aliphatic imine (C=N–C) groups is 2. The van der Waals surface area contributed by atoms with Gasteiger partial charge >= 0.3 is 9.15 Å². The molecule has 0 aromatic heterocycles. The van der Waals surface area contributed by atoms with Crippen molar-refractivity contribution in [3.8, 4) is 0 Å². The zero-order chi connectivity index (χ0) is 12.0. The summed E-state index contributed by atoms with van der Waals surface area (Å²) in [6.07, 6.45) is 0.664. The van der Waals surface area contributed by atoms with Crippen LogP contribution in [0.15, 0.2) is 9.98 Å². The van der Waals surface area contributed by atoms with E-state index in [2.05, 4.69) is 15.3 Å². The molecule has 1 aliphatic heterocycles. The highest BCUT2D eigenvalue weighted by molar-refractivity contribution is 8.70. The van der Waals surface area contributed by atoms with Gasteiger partial charge in [0, 0.05) is 30.3 Å². The highest BCUT2D eigenvalue weighted by atomic mass is 35.5. The van der Waals surface area contributed by atoms with Crippen molar-refractivity contribution in [3.63, 3.8) is 0 Å². The summed E-state index contributed by atoms with van der Waals surface area (Å²) in [6.45, 7) is 2.10.